The number of fused-ring (bicyclic) bond motifs is 1. The van der Waals surface area contributed by atoms with Gasteiger partial charge in [0, 0.05) is 12.1 Å². The van der Waals surface area contributed by atoms with Crippen LogP contribution in [0.25, 0.3) is 0 Å². The predicted octanol–water partition coefficient (Wildman–Crippen LogP) is 4.83. The van der Waals surface area contributed by atoms with E-state index in [4.69, 9.17) is 11.6 Å². The summed E-state index contributed by atoms with van der Waals surface area (Å²) in [6, 6.07) is 10.7. The number of amides is 3. The van der Waals surface area contributed by atoms with Gasteiger partial charge in [-0.05, 0) is 69.4 Å². The van der Waals surface area contributed by atoms with Crippen LogP contribution >= 0.6 is 11.6 Å². The highest BCUT2D eigenvalue weighted by Gasteiger charge is 2.53. The maximum Gasteiger partial charge on any atom is 0.261 e. The molecular formula is C24H22ClFN2O3. The number of hydrogen-bond donors (Lipinski definition) is 0. The quantitative estimate of drug-likeness (QED) is 0.628. The van der Waals surface area contributed by atoms with Crippen molar-refractivity contribution in [2.24, 2.45) is 5.41 Å². The molecule has 5 rings (SSSR count). The molecule has 2 aromatic carbocycles. The summed E-state index contributed by atoms with van der Waals surface area (Å²) in [6.07, 6.45) is 3.06. The predicted molar refractivity (Wildman–Crippen MR) is 115 cm³/mol. The van der Waals surface area contributed by atoms with E-state index in [9.17, 15) is 18.8 Å². The van der Waals surface area contributed by atoms with Crippen LogP contribution in [0.5, 0.6) is 0 Å². The van der Waals surface area contributed by atoms with Gasteiger partial charge >= 0.3 is 0 Å². The summed E-state index contributed by atoms with van der Waals surface area (Å²) in [5, 5.41) is 0.219. The van der Waals surface area contributed by atoms with Crippen molar-refractivity contribution in [3.63, 3.8) is 0 Å². The zero-order valence-corrected chi connectivity index (χ0v) is 17.9. The fourth-order valence-electron chi connectivity index (χ4n) is 5.59. The van der Waals surface area contributed by atoms with Gasteiger partial charge in [-0.25, -0.2) is 4.39 Å². The molecule has 1 atom stereocenters. The van der Waals surface area contributed by atoms with Crippen LogP contribution in [0.4, 0.5) is 10.1 Å². The van der Waals surface area contributed by atoms with Crippen LogP contribution in [-0.4, -0.2) is 34.7 Å². The zero-order valence-electron chi connectivity index (χ0n) is 17.1. The molecule has 0 N–H and O–H groups in total. The third-order valence-electron chi connectivity index (χ3n) is 7.07. The maximum atomic E-state index is 13.5. The van der Waals surface area contributed by atoms with Gasteiger partial charge in [-0.2, -0.15) is 0 Å². The molecule has 2 aliphatic heterocycles. The molecule has 3 aliphatic rings. The Morgan fingerprint density at radius 1 is 0.968 bits per heavy atom. The summed E-state index contributed by atoms with van der Waals surface area (Å²) in [5.74, 6) is -0.932. The third kappa shape index (κ3) is 2.99. The van der Waals surface area contributed by atoms with Crippen molar-refractivity contribution in [3.8, 4) is 0 Å². The Kier molecular flexibility index (Phi) is 4.66. The first-order valence-electron chi connectivity index (χ1n) is 10.6. The van der Waals surface area contributed by atoms with E-state index < -0.39 is 11.2 Å². The minimum Gasteiger partial charge on any atom is -0.308 e. The van der Waals surface area contributed by atoms with Crippen molar-refractivity contribution in [3.05, 3.63) is 64.4 Å². The third-order valence-corrected chi connectivity index (χ3v) is 7.37. The van der Waals surface area contributed by atoms with Crippen molar-refractivity contribution < 1.29 is 18.8 Å². The number of hydrogen-bond acceptors (Lipinski definition) is 3. The summed E-state index contributed by atoms with van der Waals surface area (Å²) >= 11 is 6.24. The van der Waals surface area contributed by atoms with E-state index in [0.29, 0.717) is 48.9 Å². The fraction of sp³-hybridized carbons (Fsp3) is 0.375. The molecule has 1 saturated carbocycles. The number of nitrogens with zero attached hydrogens (tertiary/aromatic N) is 2. The maximum absolute atomic E-state index is 13.5. The lowest BCUT2D eigenvalue weighted by Gasteiger charge is -2.38. The van der Waals surface area contributed by atoms with Gasteiger partial charge < -0.3 is 4.90 Å². The van der Waals surface area contributed by atoms with Crippen LogP contribution in [0, 0.1) is 11.2 Å². The summed E-state index contributed by atoms with van der Waals surface area (Å²) in [7, 11) is 0. The Balaban J connectivity index is 1.35. The van der Waals surface area contributed by atoms with Crippen molar-refractivity contribution in [2.75, 3.05) is 4.90 Å². The van der Waals surface area contributed by atoms with Gasteiger partial charge in [0.25, 0.3) is 11.8 Å². The number of carbonyl (C=O) groups excluding carboxylic acids is 3. The SMILES string of the molecule is CC1CC2(CCC(N3C(=O)c4ccccc4C3=O)CC2)C(=O)N1c1ccc(F)cc1Cl. The van der Waals surface area contributed by atoms with Gasteiger partial charge in [0.1, 0.15) is 5.82 Å². The number of carbonyl (C=O) groups is 3. The van der Waals surface area contributed by atoms with Gasteiger partial charge in [0.05, 0.1) is 27.3 Å². The summed E-state index contributed by atoms with van der Waals surface area (Å²) in [4.78, 5) is 42.2. The molecule has 0 aromatic heterocycles. The molecule has 0 bridgehead atoms. The lowest BCUT2D eigenvalue weighted by Crippen LogP contribution is -2.46. The minimum absolute atomic E-state index is 0.00526. The van der Waals surface area contributed by atoms with E-state index >= 15 is 0 Å². The highest BCUT2D eigenvalue weighted by atomic mass is 35.5. The standard InChI is InChI=1S/C24H22ClFN2O3/c1-14-13-24(23(31)27(14)20-7-6-15(26)12-19(20)25)10-8-16(9-11-24)28-21(29)17-4-2-3-5-18(17)22(28)30/h2-7,12,14,16H,8-11,13H2,1H3. The van der Waals surface area contributed by atoms with Crippen molar-refractivity contribution in [2.45, 2.75) is 51.1 Å². The topological polar surface area (TPSA) is 57.7 Å². The summed E-state index contributed by atoms with van der Waals surface area (Å²) in [5.41, 5.74) is 0.901. The van der Waals surface area contributed by atoms with Crippen molar-refractivity contribution in [1.29, 1.82) is 0 Å². The summed E-state index contributed by atoms with van der Waals surface area (Å²) in [6.45, 7) is 1.97. The van der Waals surface area contributed by atoms with E-state index in [-0.39, 0.29) is 34.8 Å². The van der Waals surface area contributed by atoms with Crippen LogP contribution < -0.4 is 4.90 Å². The van der Waals surface area contributed by atoms with Gasteiger partial charge in [-0.3, -0.25) is 19.3 Å². The second kappa shape index (κ2) is 7.16. The number of anilines is 1. The van der Waals surface area contributed by atoms with Crippen LogP contribution in [0.3, 0.4) is 0 Å². The lowest BCUT2D eigenvalue weighted by atomic mass is 9.70. The first-order valence-corrected chi connectivity index (χ1v) is 11.0. The molecule has 3 amide bonds. The van der Waals surface area contributed by atoms with Crippen LogP contribution in [-0.2, 0) is 4.79 Å². The molecule has 0 radical (unpaired) electrons. The number of benzene rings is 2. The molecule has 1 spiro atoms. The molecule has 2 heterocycles. The van der Waals surface area contributed by atoms with Gasteiger partial charge in [0.15, 0.2) is 0 Å². The van der Waals surface area contributed by atoms with E-state index in [0.717, 1.165) is 0 Å². The van der Waals surface area contributed by atoms with Crippen molar-refractivity contribution in [1.82, 2.24) is 4.90 Å². The van der Waals surface area contributed by atoms with E-state index in [2.05, 4.69) is 0 Å². The first kappa shape index (κ1) is 20.2. The molecule has 1 unspecified atom stereocenters. The van der Waals surface area contributed by atoms with Crippen molar-refractivity contribution >= 4 is 35.0 Å². The van der Waals surface area contributed by atoms with Gasteiger partial charge in [0.2, 0.25) is 5.91 Å². The fourth-order valence-corrected chi connectivity index (χ4v) is 5.85. The molecule has 2 fully saturated rings. The Labute approximate surface area is 184 Å². The number of rotatable bonds is 2. The minimum atomic E-state index is -0.535. The molecule has 5 nitrogen and oxygen atoms in total. The van der Waals surface area contributed by atoms with E-state index in [1.54, 1.807) is 35.2 Å². The smallest absolute Gasteiger partial charge is 0.261 e. The second-order valence-electron chi connectivity index (χ2n) is 8.86. The summed E-state index contributed by atoms with van der Waals surface area (Å²) < 4.78 is 13.5. The van der Waals surface area contributed by atoms with E-state index in [1.807, 2.05) is 6.92 Å². The molecule has 7 heteroatoms. The van der Waals surface area contributed by atoms with Crippen LogP contribution in [0.1, 0.15) is 59.7 Å². The Morgan fingerprint density at radius 2 is 1.58 bits per heavy atom. The van der Waals surface area contributed by atoms with Crippen LogP contribution in [0.2, 0.25) is 5.02 Å². The average molecular weight is 441 g/mol. The Hall–Kier alpha value is -2.73. The van der Waals surface area contributed by atoms with E-state index in [1.165, 1.54) is 17.0 Å². The largest absolute Gasteiger partial charge is 0.308 e. The normalized spacial score (nSPS) is 28.0. The zero-order chi connectivity index (χ0) is 21.9. The Bertz CT molecular complexity index is 1070. The second-order valence-corrected chi connectivity index (χ2v) is 9.27. The molecule has 2 aromatic rings. The van der Waals surface area contributed by atoms with Gasteiger partial charge in [-0.15, -0.1) is 0 Å². The monoisotopic (exact) mass is 440 g/mol. The number of halogens is 2. The van der Waals surface area contributed by atoms with Crippen LogP contribution in [0.15, 0.2) is 42.5 Å². The number of imide groups is 1. The molecule has 31 heavy (non-hydrogen) atoms. The molecular weight excluding hydrogens is 419 g/mol. The molecule has 1 aliphatic carbocycles. The Morgan fingerprint density at radius 3 is 2.16 bits per heavy atom. The molecule has 160 valence electrons. The molecule has 1 saturated heterocycles. The average Bonchev–Trinajstić information content (AvgIpc) is 3.14. The first-order chi connectivity index (χ1) is 14.8. The van der Waals surface area contributed by atoms with Gasteiger partial charge in [-0.1, -0.05) is 23.7 Å². The highest BCUT2D eigenvalue weighted by molar-refractivity contribution is 6.34. The highest BCUT2D eigenvalue weighted by Crippen LogP contribution is 2.50. The lowest BCUT2D eigenvalue weighted by molar-refractivity contribution is -0.127.